The zero-order chi connectivity index (χ0) is 14.2. The van der Waals surface area contributed by atoms with Gasteiger partial charge >= 0.3 is 0 Å². The van der Waals surface area contributed by atoms with Crippen molar-refractivity contribution in [1.29, 1.82) is 0 Å². The van der Waals surface area contributed by atoms with Gasteiger partial charge in [-0.15, -0.1) is 0 Å². The Morgan fingerprint density at radius 1 is 1.00 bits per heavy atom. The molecule has 20 heavy (non-hydrogen) atoms. The van der Waals surface area contributed by atoms with Crippen molar-refractivity contribution in [2.75, 3.05) is 13.2 Å². The molecular weight excluding hydrogens is 246 g/mol. The summed E-state index contributed by atoms with van der Waals surface area (Å²) in [7, 11) is 0. The Labute approximate surface area is 121 Å². The standard InChI is InChI=1S/C18H23NO/c1-15-9-11-17(12-10-15)16(2)19-13-6-14-20-18-7-4-3-5-8-18/h3-5,7-12,16,19H,6,13-14H2,1-2H3. The van der Waals surface area contributed by atoms with Crippen molar-refractivity contribution in [2.24, 2.45) is 0 Å². The van der Waals surface area contributed by atoms with Crippen LogP contribution in [0.5, 0.6) is 5.75 Å². The van der Waals surface area contributed by atoms with Crippen molar-refractivity contribution < 1.29 is 4.74 Å². The van der Waals surface area contributed by atoms with Crippen molar-refractivity contribution >= 4 is 0 Å². The summed E-state index contributed by atoms with van der Waals surface area (Å²) in [6, 6.07) is 19.0. The summed E-state index contributed by atoms with van der Waals surface area (Å²) in [5, 5.41) is 3.52. The zero-order valence-corrected chi connectivity index (χ0v) is 12.3. The molecule has 0 saturated heterocycles. The summed E-state index contributed by atoms with van der Waals surface area (Å²) in [4.78, 5) is 0. The predicted molar refractivity (Wildman–Crippen MR) is 84.2 cm³/mol. The number of nitrogens with one attached hydrogen (secondary N) is 1. The molecule has 1 unspecified atom stereocenters. The van der Waals surface area contributed by atoms with Crippen molar-refractivity contribution in [3.8, 4) is 5.75 Å². The molecule has 0 fully saturated rings. The summed E-state index contributed by atoms with van der Waals surface area (Å²) >= 11 is 0. The molecule has 0 aliphatic heterocycles. The Kier molecular flexibility index (Phi) is 5.63. The van der Waals surface area contributed by atoms with Gasteiger partial charge in [0.05, 0.1) is 6.61 Å². The average Bonchev–Trinajstić information content (AvgIpc) is 2.48. The van der Waals surface area contributed by atoms with Crippen molar-refractivity contribution in [3.05, 3.63) is 65.7 Å². The van der Waals surface area contributed by atoms with Crippen LogP contribution in [0.3, 0.4) is 0 Å². The molecule has 0 aliphatic carbocycles. The largest absolute Gasteiger partial charge is 0.494 e. The maximum Gasteiger partial charge on any atom is 0.119 e. The van der Waals surface area contributed by atoms with Crippen molar-refractivity contribution in [3.63, 3.8) is 0 Å². The van der Waals surface area contributed by atoms with Gasteiger partial charge in [-0.05, 0) is 44.5 Å². The fourth-order valence-corrected chi connectivity index (χ4v) is 2.07. The van der Waals surface area contributed by atoms with Gasteiger partial charge in [-0.3, -0.25) is 0 Å². The molecule has 0 aliphatic rings. The van der Waals surface area contributed by atoms with E-state index in [1.807, 2.05) is 30.3 Å². The van der Waals surface area contributed by atoms with E-state index in [0.717, 1.165) is 25.3 Å². The summed E-state index contributed by atoms with van der Waals surface area (Å²) in [6.45, 7) is 6.02. The number of para-hydroxylation sites is 1. The fraction of sp³-hybridized carbons (Fsp3) is 0.333. The lowest BCUT2D eigenvalue weighted by molar-refractivity contribution is 0.305. The summed E-state index contributed by atoms with van der Waals surface area (Å²) < 4.78 is 5.67. The minimum absolute atomic E-state index is 0.382. The lowest BCUT2D eigenvalue weighted by Crippen LogP contribution is -2.21. The van der Waals surface area contributed by atoms with E-state index in [1.165, 1.54) is 11.1 Å². The van der Waals surface area contributed by atoms with Crippen LogP contribution in [0.15, 0.2) is 54.6 Å². The Morgan fingerprint density at radius 3 is 2.40 bits per heavy atom. The topological polar surface area (TPSA) is 21.3 Å². The number of rotatable bonds is 7. The normalized spacial score (nSPS) is 12.1. The number of ether oxygens (including phenoxy) is 1. The first-order valence-corrected chi connectivity index (χ1v) is 7.23. The van der Waals surface area contributed by atoms with E-state index in [4.69, 9.17) is 4.74 Å². The Hall–Kier alpha value is -1.80. The van der Waals surface area contributed by atoms with E-state index >= 15 is 0 Å². The van der Waals surface area contributed by atoms with E-state index in [2.05, 4.69) is 43.4 Å². The van der Waals surface area contributed by atoms with Gasteiger partial charge in [0, 0.05) is 6.04 Å². The van der Waals surface area contributed by atoms with Crippen LogP contribution >= 0.6 is 0 Å². The number of aryl methyl sites for hydroxylation is 1. The molecule has 1 N–H and O–H groups in total. The van der Waals surface area contributed by atoms with Crippen LogP contribution in [-0.4, -0.2) is 13.2 Å². The number of hydrogen-bond donors (Lipinski definition) is 1. The summed E-state index contributed by atoms with van der Waals surface area (Å²) in [6.07, 6.45) is 1.01. The zero-order valence-electron chi connectivity index (χ0n) is 12.3. The van der Waals surface area contributed by atoms with Gasteiger partial charge in [0.25, 0.3) is 0 Å². The smallest absolute Gasteiger partial charge is 0.119 e. The van der Waals surface area contributed by atoms with E-state index < -0.39 is 0 Å². The van der Waals surface area contributed by atoms with Crippen molar-refractivity contribution in [1.82, 2.24) is 5.32 Å². The Balaban J connectivity index is 1.64. The molecule has 106 valence electrons. The first-order valence-electron chi connectivity index (χ1n) is 7.23. The molecular formula is C18H23NO. The van der Waals surface area contributed by atoms with E-state index in [0.29, 0.717) is 6.04 Å². The lowest BCUT2D eigenvalue weighted by Gasteiger charge is -2.14. The summed E-state index contributed by atoms with van der Waals surface area (Å²) in [5.41, 5.74) is 2.64. The quantitative estimate of drug-likeness (QED) is 0.764. The SMILES string of the molecule is Cc1ccc(C(C)NCCCOc2ccccc2)cc1. The molecule has 0 saturated carbocycles. The van der Waals surface area contributed by atoms with Crippen LogP contribution in [-0.2, 0) is 0 Å². The molecule has 2 heteroatoms. The van der Waals surface area contributed by atoms with Crippen molar-refractivity contribution in [2.45, 2.75) is 26.3 Å². The van der Waals surface area contributed by atoms with Gasteiger partial charge in [0.15, 0.2) is 0 Å². The van der Waals surface area contributed by atoms with Crippen LogP contribution in [0.4, 0.5) is 0 Å². The molecule has 0 amide bonds. The third kappa shape index (κ3) is 4.71. The fourth-order valence-electron chi connectivity index (χ4n) is 2.07. The van der Waals surface area contributed by atoms with Gasteiger partial charge in [-0.25, -0.2) is 0 Å². The summed E-state index contributed by atoms with van der Waals surface area (Å²) in [5.74, 6) is 0.944. The van der Waals surface area contributed by atoms with Crippen LogP contribution in [0.2, 0.25) is 0 Å². The lowest BCUT2D eigenvalue weighted by atomic mass is 10.1. The molecule has 0 radical (unpaired) electrons. The Morgan fingerprint density at radius 2 is 1.70 bits per heavy atom. The van der Waals surface area contributed by atoms with Gasteiger partial charge in [0.1, 0.15) is 5.75 Å². The van der Waals surface area contributed by atoms with Crippen LogP contribution < -0.4 is 10.1 Å². The second-order valence-corrected chi connectivity index (χ2v) is 5.10. The van der Waals surface area contributed by atoms with E-state index in [1.54, 1.807) is 0 Å². The average molecular weight is 269 g/mol. The third-order valence-corrected chi connectivity index (χ3v) is 3.36. The van der Waals surface area contributed by atoms with Crippen LogP contribution in [0.1, 0.15) is 30.5 Å². The highest BCUT2D eigenvalue weighted by Gasteiger charge is 2.03. The second-order valence-electron chi connectivity index (χ2n) is 5.10. The van der Waals surface area contributed by atoms with Crippen LogP contribution in [0, 0.1) is 6.92 Å². The first kappa shape index (κ1) is 14.6. The highest BCUT2D eigenvalue weighted by Crippen LogP contribution is 2.13. The second kappa shape index (κ2) is 7.71. The molecule has 0 spiro atoms. The number of benzene rings is 2. The monoisotopic (exact) mass is 269 g/mol. The highest BCUT2D eigenvalue weighted by atomic mass is 16.5. The van der Waals surface area contributed by atoms with Gasteiger partial charge in [-0.1, -0.05) is 48.0 Å². The predicted octanol–water partition coefficient (Wildman–Crippen LogP) is 4.11. The maximum absolute atomic E-state index is 5.67. The van der Waals surface area contributed by atoms with Crippen LogP contribution in [0.25, 0.3) is 0 Å². The molecule has 2 nitrogen and oxygen atoms in total. The molecule has 2 aromatic rings. The molecule has 2 rings (SSSR count). The van der Waals surface area contributed by atoms with Gasteiger partial charge < -0.3 is 10.1 Å². The first-order chi connectivity index (χ1) is 9.75. The van der Waals surface area contributed by atoms with Gasteiger partial charge in [-0.2, -0.15) is 0 Å². The molecule has 2 aromatic carbocycles. The molecule has 1 atom stereocenters. The minimum Gasteiger partial charge on any atom is -0.494 e. The number of hydrogen-bond acceptors (Lipinski definition) is 2. The molecule has 0 bridgehead atoms. The van der Waals surface area contributed by atoms with E-state index in [-0.39, 0.29) is 0 Å². The Bertz CT molecular complexity index is 493. The minimum atomic E-state index is 0.382. The maximum atomic E-state index is 5.67. The molecule has 0 heterocycles. The van der Waals surface area contributed by atoms with Gasteiger partial charge in [0.2, 0.25) is 0 Å². The van der Waals surface area contributed by atoms with E-state index in [9.17, 15) is 0 Å². The highest BCUT2D eigenvalue weighted by molar-refractivity contribution is 5.23. The third-order valence-electron chi connectivity index (χ3n) is 3.36. The molecule has 0 aromatic heterocycles.